The molecule has 0 radical (unpaired) electrons. The third kappa shape index (κ3) is 5.23. The van der Waals surface area contributed by atoms with Crippen molar-refractivity contribution in [2.24, 2.45) is 5.92 Å². The number of thioether (sulfide) groups is 1. The molecule has 0 aromatic rings. The Labute approximate surface area is 99.2 Å². The maximum Gasteiger partial charge on any atom is 0.0217 e. The lowest BCUT2D eigenvalue weighted by Crippen LogP contribution is -2.41. The third-order valence-electron chi connectivity index (χ3n) is 3.14. The Balaban J connectivity index is 2.29. The van der Waals surface area contributed by atoms with E-state index in [4.69, 9.17) is 0 Å². The first kappa shape index (κ1) is 13.3. The van der Waals surface area contributed by atoms with Crippen LogP contribution in [-0.4, -0.2) is 49.1 Å². The molecule has 1 N–H and O–H groups in total. The quantitative estimate of drug-likeness (QED) is 0.728. The van der Waals surface area contributed by atoms with Crippen molar-refractivity contribution in [3.05, 3.63) is 0 Å². The van der Waals surface area contributed by atoms with Gasteiger partial charge in [0.2, 0.25) is 0 Å². The summed E-state index contributed by atoms with van der Waals surface area (Å²) in [6.07, 6.45) is 4.84. The van der Waals surface area contributed by atoms with Gasteiger partial charge in [0, 0.05) is 12.6 Å². The van der Waals surface area contributed by atoms with Crippen molar-refractivity contribution in [3.63, 3.8) is 0 Å². The highest BCUT2D eigenvalue weighted by Crippen LogP contribution is 2.09. The number of hydrogen-bond acceptors (Lipinski definition) is 3. The second-order valence-electron chi connectivity index (χ2n) is 4.81. The van der Waals surface area contributed by atoms with Gasteiger partial charge in [-0.15, -0.1) is 0 Å². The second-order valence-corrected chi connectivity index (χ2v) is 5.79. The van der Waals surface area contributed by atoms with Crippen LogP contribution in [0.4, 0.5) is 0 Å². The first-order valence-electron chi connectivity index (χ1n) is 6.18. The molecule has 1 heterocycles. The maximum absolute atomic E-state index is 3.65. The highest BCUT2D eigenvalue weighted by atomic mass is 32.2. The molecule has 1 saturated heterocycles. The molecule has 90 valence electrons. The summed E-state index contributed by atoms with van der Waals surface area (Å²) in [6.45, 7) is 9.65. The van der Waals surface area contributed by atoms with Crippen molar-refractivity contribution in [1.82, 2.24) is 10.2 Å². The molecule has 0 amide bonds. The van der Waals surface area contributed by atoms with E-state index in [-0.39, 0.29) is 0 Å². The molecule has 0 aromatic heterocycles. The van der Waals surface area contributed by atoms with Crippen LogP contribution in [0.2, 0.25) is 0 Å². The Kier molecular flexibility index (Phi) is 6.69. The van der Waals surface area contributed by atoms with Crippen LogP contribution in [0.5, 0.6) is 0 Å². The zero-order valence-electron chi connectivity index (χ0n) is 10.5. The molecule has 15 heavy (non-hydrogen) atoms. The molecule has 1 aliphatic rings. The Bertz CT molecular complexity index is 162. The van der Waals surface area contributed by atoms with Crippen LogP contribution in [0, 0.1) is 5.92 Å². The van der Waals surface area contributed by atoms with E-state index in [1.165, 1.54) is 44.8 Å². The summed E-state index contributed by atoms with van der Waals surface area (Å²) in [5.41, 5.74) is 0. The molecular weight excluding hydrogens is 204 g/mol. The molecule has 1 aliphatic heterocycles. The molecule has 1 rings (SSSR count). The molecule has 3 heteroatoms. The first-order valence-corrected chi connectivity index (χ1v) is 7.58. The van der Waals surface area contributed by atoms with Crippen LogP contribution in [0.15, 0.2) is 0 Å². The zero-order valence-corrected chi connectivity index (χ0v) is 11.3. The van der Waals surface area contributed by atoms with Gasteiger partial charge < -0.3 is 10.2 Å². The molecule has 0 aromatic carbocycles. The normalized spacial score (nSPS) is 24.4. The van der Waals surface area contributed by atoms with Gasteiger partial charge in [-0.3, -0.25) is 0 Å². The Morgan fingerprint density at radius 1 is 1.47 bits per heavy atom. The zero-order chi connectivity index (χ0) is 11.1. The van der Waals surface area contributed by atoms with Gasteiger partial charge in [-0.2, -0.15) is 11.8 Å². The molecule has 2 nitrogen and oxygen atoms in total. The van der Waals surface area contributed by atoms with E-state index in [0.717, 1.165) is 5.92 Å². The highest BCUT2D eigenvalue weighted by Gasteiger charge is 2.19. The van der Waals surface area contributed by atoms with Crippen LogP contribution in [0.25, 0.3) is 0 Å². The smallest absolute Gasteiger partial charge is 0.0217 e. The Morgan fingerprint density at radius 3 is 2.93 bits per heavy atom. The minimum atomic E-state index is 0.696. The molecule has 0 bridgehead atoms. The van der Waals surface area contributed by atoms with Crippen LogP contribution in [0.1, 0.15) is 26.7 Å². The molecule has 0 aliphatic carbocycles. The summed E-state index contributed by atoms with van der Waals surface area (Å²) in [4.78, 5) is 2.64. The lowest BCUT2D eigenvalue weighted by Gasteiger charge is -2.26. The first-order chi connectivity index (χ1) is 7.24. The van der Waals surface area contributed by atoms with Gasteiger partial charge in [-0.1, -0.05) is 13.8 Å². The number of nitrogens with one attached hydrogen (secondary N) is 1. The summed E-state index contributed by atoms with van der Waals surface area (Å²) in [5.74, 6) is 2.06. The van der Waals surface area contributed by atoms with Crippen molar-refractivity contribution in [2.75, 3.05) is 38.2 Å². The fraction of sp³-hybridized carbons (Fsp3) is 1.00. The van der Waals surface area contributed by atoms with Gasteiger partial charge in [0.1, 0.15) is 0 Å². The lowest BCUT2D eigenvalue weighted by molar-refractivity contribution is 0.247. The van der Waals surface area contributed by atoms with Crippen LogP contribution in [-0.2, 0) is 0 Å². The second kappa shape index (κ2) is 7.53. The summed E-state index contributed by atoms with van der Waals surface area (Å²) in [5, 5.41) is 3.65. The molecule has 0 spiro atoms. The number of nitrogens with zero attached hydrogens (tertiary/aromatic N) is 1. The highest BCUT2D eigenvalue weighted by molar-refractivity contribution is 7.98. The fourth-order valence-electron chi connectivity index (χ4n) is 2.11. The lowest BCUT2D eigenvalue weighted by atomic mass is 10.0. The minimum Gasteiger partial charge on any atom is -0.312 e. The van der Waals surface area contributed by atoms with Gasteiger partial charge in [-0.25, -0.2) is 0 Å². The topological polar surface area (TPSA) is 15.3 Å². The number of rotatable bonds is 5. The van der Waals surface area contributed by atoms with E-state index in [2.05, 4.69) is 30.3 Å². The Hall–Kier alpha value is 0.270. The van der Waals surface area contributed by atoms with E-state index in [1.54, 1.807) is 0 Å². The Morgan fingerprint density at radius 2 is 2.27 bits per heavy atom. The van der Waals surface area contributed by atoms with Crippen LogP contribution >= 0.6 is 11.8 Å². The molecule has 1 fully saturated rings. The van der Waals surface area contributed by atoms with Crippen LogP contribution < -0.4 is 5.32 Å². The predicted molar refractivity (Wildman–Crippen MR) is 70.7 cm³/mol. The summed E-state index contributed by atoms with van der Waals surface area (Å²) in [7, 11) is 0. The van der Waals surface area contributed by atoms with Gasteiger partial charge in [-0.05, 0) is 50.4 Å². The maximum atomic E-state index is 3.65. The van der Waals surface area contributed by atoms with Crippen LogP contribution in [0.3, 0.4) is 0 Å². The van der Waals surface area contributed by atoms with Crippen molar-refractivity contribution in [2.45, 2.75) is 32.7 Å². The SMILES string of the molecule is CSCCCN1CCCNC(C(C)C)C1. The van der Waals surface area contributed by atoms with Gasteiger partial charge >= 0.3 is 0 Å². The van der Waals surface area contributed by atoms with E-state index in [9.17, 15) is 0 Å². The van der Waals surface area contributed by atoms with Crippen molar-refractivity contribution in [3.8, 4) is 0 Å². The largest absolute Gasteiger partial charge is 0.312 e. The standard InChI is InChI=1S/C12H26N2S/c1-11(2)12-10-14(7-4-6-13-12)8-5-9-15-3/h11-13H,4-10H2,1-3H3. The number of hydrogen-bond donors (Lipinski definition) is 1. The third-order valence-corrected chi connectivity index (χ3v) is 3.84. The fourth-order valence-corrected chi connectivity index (χ4v) is 2.52. The van der Waals surface area contributed by atoms with E-state index in [0.29, 0.717) is 6.04 Å². The van der Waals surface area contributed by atoms with E-state index in [1.807, 2.05) is 11.8 Å². The van der Waals surface area contributed by atoms with Crippen molar-refractivity contribution < 1.29 is 0 Å². The van der Waals surface area contributed by atoms with Gasteiger partial charge in [0.15, 0.2) is 0 Å². The molecule has 1 unspecified atom stereocenters. The summed E-state index contributed by atoms with van der Waals surface area (Å²) < 4.78 is 0. The monoisotopic (exact) mass is 230 g/mol. The van der Waals surface area contributed by atoms with Crippen molar-refractivity contribution in [1.29, 1.82) is 0 Å². The average Bonchev–Trinajstić information content (AvgIpc) is 2.44. The summed E-state index contributed by atoms with van der Waals surface area (Å²) in [6, 6.07) is 0.696. The molecular formula is C12H26N2S. The van der Waals surface area contributed by atoms with Gasteiger partial charge in [0.25, 0.3) is 0 Å². The van der Waals surface area contributed by atoms with Crippen molar-refractivity contribution >= 4 is 11.8 Å². The minimum absolute atomic E-state index is 0.696. The molecule has 0 saturated carbocycles. The summed E-state index contributed by atoms with van der Waals surface area (Å²) >= 11 is 1.96. The molecule has 1 atom stereocenters. The van der Waals surface area contributed by atoms with E-state index >= 15 is 0 Å². The predicted octanol–water partition coefficient (Wildman–Crippen LogP) is 2.06. The van der Waals surface area contributed by atoms with E-state index < -0.39 is 0 Å². The average molecular weight is 230 g/mol. The van der Waals surface area contributed by atoms with Gasteiger partial charge in [0.05, 0.1) is 0 Å².